The van der Waals surface area contributed by atoms with Crippen LogP contribution >= 0.6 is 0 Å². The second-order valence-electron chi connectivity index (χ2n) is 4.66. The summed E-state index contributed by atoms with van der Waals surface area (Å²) < 4.78 is 29.4. The van der Waals surface area contributed by atoms with Crippen molar-refractivity contribution in [3.05, 3.63) is 58.0 Å². The van der Waals surface area contributed by atoms with Crippen LogP contribution in [0.1, 0.15) is 35.4 Å². The molecule has 1 amide bonds. The lowest BCUT2D eigenvalue weighted by molar-refractivity contribution is -0.0506. The SMILES string of the molecule is CC[C@H](NC(=O)c1ccc(=O)[nH]n1)c1ccccc1OC(F)F. The lowest BCUT2D eigenvalue weighted by Gasteiger charge is -2.20. The van der Waals surface area contributed by atoms with Crippen molar-refractivity contribution in [2.45, 2.75) is 26.0 Å². The van der Waals surface area contributed by atoms with Crippen LogP contribution in [0.25, 0.3) is 0 Å². The van der Waals surface area contributed by atoms with Crippen molar-refractivity contribution in [1.29, 1.82) is 0 Å². The van der Waals surface area contributed by atoms with Crippen LogP contribution in [-0.2, 0) is 0 Å². The van der Waals surface area contributed by atoms with Gasteiger partial charge in [0.1, 0.15) is 11.4 Å². The molecule has 2 N–H and O–H groups in total. The number of para-hydroxylation sites is 1. The van der Waals surface area contributed by atoms with Crippen LogP contribution in [0.2, 0.25) is 0 Å². The van der Waals surface area contributed by atoms with Crippen LogP contribution in [0.5, 0.6) is 5.75 Å². The van der Waals surface area contributed by atoms with Crippen molar-refractivity contribution in [2.75, 3.05) is 0 Å². The third-order valence-corrected chi connectivity index (χ3v) is 3.14. The summed E-state index contributed by atoms with van der Waals surface area (Å²) in [6.45, 7) is -1.16. The van der Waals surface area contributed by atoms with E-state index in [4.69, 9.17) is 0 Å². The minimum Gasteiger partial charge on any atom is -0.434 e. The van der Waals surface area contributed by atoms with Gasteiger partial charge in [0.2, 0.25) is 0 Å². The monoisotopic (exact) mass is 323 g/mol. The van der Waals surface area contributed by atoms with E-state index in [1.54, 1.807) is 25.1 Å². The van der Waals surface area contributed by atoms with Gasteiger partial charge < -0.3 is 10.1 Å². The summed E-state index contributed by atoms with van der Waals surface area (Å²) in [7, 11) is 0. The normalized spacial score (nSPS) is 12.0. The molecule has 0 spiro atoms. The fourth-order valence-corrected chi connectivity index (χ4v) is 2.07. The Labute approximate surface area is 130 Å². The summed E-state index contributed by atoms with van der Waals surface area (Å²) in [5, 5.41) is 8.47. The molecule has 0 saturated carbocycles. The molecule has 0 aliphatic rings. The number of aromatic amines is 1. The Morgan fingerprint density at radius 2 is 2.04 bits per heavy atom. The molecule has 1 aromatic carbocycles. The Hall–Kier alpha value is -2.77. The van der Waals surface area contributed by atoms with E-state index >= 15 is 0 Å². The maximum absolute atomic E-state index is 12.5. The smallest absolute Gasteiger partial charge is 0.387 e. The van der Waals surface area contributed by atoms with Crippen LogP contribution < -0.4 is 15.6 Å². The van der Waals surface area contributed by atoms with E-state index in [1.165, 1.54) is 18.2 Å². The molecular formula is C15H15F2N3O3. The molecule has 0 bridgehead atoms. The van der Waals surface area contributed by atoms with Crippen molar-refractivity contribution < 1.29 is 18.3 Å². The second kappa shape index (κ2) is 7.48. The van der Waals surface area contributed by atoms with E-state index in [-0.39, 0.29) is 11.4 Å². The van der Waals surface area contributed by atoms with Gasteiger partial charge in [-0.1, -0.05) is 25.1 Å². The predicted molar refractivity (Wildman–Crippen MR) is 78.4 cm³/mol. The first kappa shape index (κ1) is 16.6. The molecule has 1 heterocycles. The molecule has 8 heteroatoms. The number of carbonyl (C=O) groups excluding carboxylic acids is 1. The van der Waals surface area contributed by atoms with Crippen molar-refractivity contribution in [3.63, 3.8) is 0 Å². The van der Waals surface area contributed by atoms with Gasteiger partial charge in [-0.15, -0.1) is 0 Å². The first-order valence-corrected chi connectivity index (χ1v) is 6.91. The summed E-state index contributed by atoms with van der Waals surface area (Å²) in [4.78, 5) is 23.1. The number of ether oxygens (including phenoxy) is 1. The zero-order valence-corrected chi connectivity index (χ0v) is 12.3. The number of aromatic nitrogens is 2. The number of carbonyl (C=O) groups is 1. The number of benzene rings is 1. The summed E-state index contributed by atoms with van der Waals surface area (Å²) in [6, 6.07) is 8.17. The highest BCUT2D eigenvalue weighted by atomic mass is 19.3. The fraction of sp³-hybridized carbons (Fsp3) is 0.267. The summed E-state index contributed by atoms with van der Waals surface area (Å²) in [6.07, 6.45) is 0.457. The second-order valence-corrected chi connectivity index (χ2v) is 4.66. The number of alkyl halides is 2. The Morgan fingerprint density at radius 1 is 1.30 bits per heavy atom. The number of hydrogen-bond acceptors (Lipinski definition) is 4. The number of hydrogen-bond donors (Lipinski definition) is 2. The Balaban J connectivity index is 2.21. The highest BCUT2D eigenvalue weighted by Crippen LogP contribution is 2.28. The zero-order chi connectivity index (χ0) is 16.8. The number of nitrogens with zero attached hydrogens (tertiary/aromatic N) is 1. The molecular weight excluding hydrogens is 308 g/mol. The lowest BCUT2D eigenvalue weighted by atomic mass is 10.0. The number of halogens is 2. The molecule has 23 heavy (non-hydrogen) atoms. The lowest BCUT2D eigenvalue weighted by Crippen LogP contribution is -2.30. The molecule has 2 rings (SSSR count). The molecule has 6 nitrogen and oxygen atoms in total. The van der Waals surface area contributed by atoms with E-state index in [0.717, 1.165) is 0 Å². The maximum atomic E-state index is 12.5. The van der Waals surface area contributed by atoms with Crippen LogP contribution in [0.4, 0.5) is 8.78 Å². The van der Waals surface area contributed by atoms with Crippen LogP contribution in [0.15, 0.2) is 41.2 Å². The van der Waals surface area contributed by atoms with E-state index < -0.39 is 24.1 Å². The molecule has 2 aromatic rings. The van der Waals surface area contributed by atoms with E-state index in [2.05, 4.69) is 20.3 Å². The standard InChI is InChI=1S/C15H15F2N3O3/c1-2-10(9-5-3-4-6-12(9)23-15(16)17)18-14(22)11-7-8-13(21)20-19-11/h3-8,10,15H,2H2,1H3,(H,18,22)(H,20,21)/t10-/m0/s1. The number of amides is 1. The average molecular weight is 323 g/mol. The number of H-pyrrole nitrogens is 1. The number of nitrogens with one attached hydrogen (secondary N) is 2. The Morgan fingerprint density at radius 3 is 2.65 bits per heavy atom. The minimum atomic E-state index is -2.95. The number of rotatable bonds is 6. The van der Waals surface area contributed by atoms with Crippen LogP contribution in [0.3, 0.4) is 0 Å². The van der Waals surface area contributed by atoms with Crippen molar-refractivity contribution in [2.24, 2.45) is 0 Å². The highest BCUT2D eigenvalue weighted by Gasteiger charge is 2.20. The van der Waals surface area contributed by atoms with E-state index in [9.17, 15) is 18.4 Å². The molecule has 0 aliphatic carbocycles. The quantitative estimate of drug-likeness (QED) is 0.854. The minimum absolute atomic E-state index is 0.00378. The van der Waals surface area contributed by atoms with Gasteiger partial charge in [-0.2, -0.15) is 13.9 Å². The first-order chi connectivity index (χ1) is 11.0. The average Bonchev–Trinajstić information content (AvgIpc) is 2.53. The zero-order valence-electron chi connectivity index (χ0n) is 12.3. The molecule has 0 radical (unpaired) electrons. The van der Waals surface area contributed by atoms with E-state index in [1.807, 2.05) is 0 Å². The van der Waals surface area contributed by atoms with Gasteiger partial charge in [0.05, 0.1) is 6.04 Å². The molecule has 122 valence electrons. The molecule has 0 unspecified atom stereocenters. The van der Waals surface area contributed by atoms with Crippen molar-refractivity contribution >= 4 is 5.91 Å². The van der Waals surface area contributed by atoms with Gasteiger partial charge in [0, 0.05) is 11.6 Å². The third-order valence-electron chi connectivity index (χ3n) is 3.14. The Bertz CT molecular complexity index is 713. The predicted octanol–water partition coefficient (Wildman–Crippen LogP) is 2.25. The first-order valence-electron chi connectivity index (χ1n) is 6.91. The summed E-state index contributed by atoms with van der Waals surface area (Å²) >= 11 is 0. The van der Waals surface area contributed by atoms with Gasteiger partial charge in [-0.05, 0) is 18.6 Å². The van der Waals surface area contributed by atoms with Crippen molar-refractivity contribution in [1.82, 2.24) is 15.5 Å². The molecule has 0 fully saturated rings. The van der Waals surface area contributed by atoms with Gasteiger partial charge >= 0.3 is 6.61 Å². The Kier molecular flexibility index (Phi) is 5.40. The van der Waals surface area contributed by atoms with Crippen LogP contribution in [-0.4, -0.2) is 22.7 Å². The fourth-order valence-electron chi connectivity index (χ4n) is 2.07. The molecule has 1 aromatic heterocycles. The molecule has 1 atom stereocenters. The van der Waals surface area contributed by atoms with E-state index in [0.29, 0.717) is 12.0 Å². The topological polar surface area (TPSA) is 84.1 Å². The molecule has 0 aliphatic heterocycles. The van der Waals surface area contributed by atoms with Crippen LogP contribution in [0, 0.1) is 0 Å². The highest BCUT2D eigenvalue weighted by molar-refractivity contribution is 5.92. The van der Waals surface area contributed by atoms with Gasteiger partial charge in [0.15, 0.2) is 0 Å². The summed E-state index contributed by atoms with van der Waals surface area (Å²) in [5.41, 5.74) is 0.0349. The van der Waals surface area contributed by atoms with Gasteiger partial charge in [-0.3, -0.25) is 9.59 Å². The van der Waals surface area contributed by atoms with Gasteiger partial charge in [-0.25, -0.2) is 5.10 Å². The van der Waals surface area contributed by atoms with Gasteiger partial charge in [0.25, 0.3) is 11.5 Å². The maximum Gasteiger partial charge on any atom is 0.387 e. The summed E-state index contributed by atoms with van der Waals surface area (Å²) in [5.74, 6) is -0.524. The third kappa shape index (κ3) is 4.35. The largest absolute Gasteiger partial charge is 0.434 e. The molecule has 0 saturated heterocycles. The van der Waals surface area contributed by atoms with Crippen molar-refractivity contribution in [3.8, 4) is 5.75 Å².